The Morgan fingerprint density at radius 1 is 1.55 bits per heavy atom. The number of carboxylic acids is 1. The summed E-state index contributed by atoms with van der Waals surface area (Å²) in [6.07, 6.45) is 0.745. The molecule has 108 valence electrons. The average Bonchev–Trinajstić information content (AvgIpc) is 3.01. The first-order valence-electron chi connectivity index (χ1n) is 6.23. The van der Waals surface area contributed by atoms with Crippen molar-refractivity contribution in [2.45, 2.75) is 38.4 Å². The molecule has 0 aliphatic carbocycles. The molecule has 1 N–H and O–H groups in total. The van der Waals surface area contributed by atoms with Crippen LogP contribution in [0.2, 0.25) is 0 Å². The van der Waals surface area contributed by atoms with Gasteiger partial charge in [-0.05, 0) is 13.8 Å². The Hall–Kier alpha value is -1.41. The lowest BCUT2D eigenvalue weighted by atomic mass is 10.3. The number of carbonyl (C=O) groups is 1. The number of carboxylic acid groups (broad SMARTS) is 1. The van der Waals surface area contributed by atoms with Gasteiger partial charge in [-0.3, -0.25) is 9.36 Å². The fraction of sp³-hybridized carbons (Fsp3) is 0.500. The Morgan fingerprint density at radius 3 is 2.85 bits per heavy atom. The van der Waals surface area contributed by atoms with Gasteiger partial charge in [-0.25, -0.2) is 4.98 Å². The summed E-state index contributed by atoms with van der Waals surface area (Å²) in [5.41, 5.74) is 0.989. The summed E-state index contributed by atoms with van der Waals surface area (Å²) in [5, 5.41) is 20.7. The molecule has 2 rings (SSSR count). The van der Waals surface area contributed by atoms with Crippen LogP contribution in [0.5, 0.6) is 0 Å². The smallest absolute Gasteiger partial charge is 0.313 e. The number of thioether (sulfide) groups is 1. The Kier molecular flexibility index (Phi) is 4.77. The first kappa shape index (κ1) is 15.0. The van der Waals surface area contributed by atoms with Crippen molar-refractivity contribution in [2.75, 3.05) is 5.75 Å². The minimum absolute atomic E-state index is 0.00921. The van der Waals surface area contributed by atoms with Gasteiger partial charge in [0.15, 0.2) is 5.16 Å². The molecular formula is C12H16N4O2S2. The Balaban J connectivity index is 2.32. The highest BCUT2D eigenvalue weighted by Crippen LogP contribution is 2.28. The van der Waals surface area contributed by atoms with Crippen LogP contribution < -0.4 is 0 Å². The molecule has 0 amide bonds. The van der Waals surface area contributed by atoms with E-state index in [4.69, 9.17) is 5.11 Å². The number of aromatic nitrogens is 4. The number of thiazole rings is 1. The van der Waals surface area contributed by atoms with Crippen LogP contribution in [-0.2, 0) is 11.2 Å². The molecule has 0 bridgehead atoms. The van der Waals surface area contributed by atoms with Crippen LogP contribution >= 0.6 is 23.1 Å². The highest BCUT2D eigenvalue weighted by atomic mass is 32.2. The monoisotopic (exact) mass is 312 g/mol. The van der Waals surface area contributed by atoms with Crippen molar-refractivity contribution in [3.8, 4) is 0 Å². The van der Waals surface area contributed by atoms with Crippen LogP contribution in [-0.4, -0.2) is 36.6 Å². The van der Waals surface area contributed by atoms with E-state index in [9.17, 15) is 4.79 Å². The maximum atomic E-state index is 10.7. The van der Waals surface area contributed by atoms with E-state index in [1.165, 1.54) is 11.8 Å². The summed E-state index contributed by atoms with van der Waals surface area (Å²) in [4.78, 5) is 15.2. The summed E-state index contributed by atoms with van der Waals surface area (Å²) >= 11 is 2.78. The van der Waals surface area contributed by atoms with Gasteiger partial charge in [-0.15, -0.1) is 21.5 Å². The Morgan fingerprint density at radius 2 is 2.30 bits per heavy atom. The van der Waals surface area contributed by atoms with Gasteiger partial charge >= 0.3 is 5.97 Å². The van der Waals surface area contributed by atoms with E-state index in [1.54, 1.807) is 11.3 Å². The fourth-order valence-electron chi connectivity index (χ4n) is 1.84. The molecule has 0 aliphatic rings. The zero-order valence-corrected chi connectivity index (χ0v) is 13.2. The van der Waals surface area contributed by atoms with E-state index in [1.807, 2.05) is 30.7 Å². The van der Waals surface area contributed by atoms with Crippen molar-refractivity contribution in [1.29, 1.82) is 0 Å². The molecule has 0 fully saturated rings. The lowest BCUT2D eigenvalue weighted by molar-refractivity contribution is -0.133. The van der Waals surface area contributed by atoms with Gasteiger partial charge in [-0.1, -0.05) is 18.7 Å². The number of aryl methyl sites for hydroxylation is 2. The third-order valence-electron chi connectivity index (χ3n) is 2.76. The van der Waals surface area contributed by atoms with Gasteiger partial charge in [0.1, 0.15) is 10.8 Å². The number of hydrogen-bond donors (Lipinski definition) is 1. The Labute approximate surface area is 125 Å². The summed E-state index contributed by atoms with van der Waals surface area (Å²) < 4.78 is 1.98. The normalized spacial score (nSPS) is 12.6. The van der Waals surface area contributed by atoms with E-state index >= 15 is 0 Å². The number of aliphatic carboxylic acids is 1. The number of nitrogens with zero attached hydrogens (tertiary/aromatic N) is 4. The zero-order valence-electron chi connectivity index (χ0n) is 11.5. The van der Waals surface area contributed by atoms with Gasteiger partial charge in [0, 0.05) is 17.5 Å². The van der Waals surface area contributed by atoms with Crippen molar-refractivity contribution >= 4 is 29.1 Å². The average molecular weight is 312 g/mol. The molecule has 0 saturated heterocycles. The molecule has 2 aromatic heterocycles. The van der Waals surface area contributed by atoms with Crippen molar-refractivity contribution in [3.63, 3.8) is 0 Å². The second-order valence-corrected chi connectivity index (χ2v) is 6.14. The summed E-state index contributed by atoms with van der Waals surface area (Å²) in [5.74, 6) is -0.0376. The van der Waals surface area contributed by atoms with Crippen molar-refractivity contribution in [1.82, 2.24) is 19.7 Å². The number of rotatable bonds is 6. The van der Waals surface area contributed by atoms with Crippen LogP contribution in [0, 0.1) is 6.92 Å². The van der Waals surface area contributed by atoms with Crippen LogP contribution in [0.15, 0.2) is 10.5 Å². The molecule has 2 heterocycles. The molecule has 0 spiro atoms. The van der Waals surface area contributed by atoms with Crippen molar-refractivity contribution in [2.24, 2.45) is 0 Å². The second-order valence-electron chi connectivity index (χ2n) is 4.31. The van der Waals surface area contributed by atoms with Crippen LogP contribution in [0.4, 0.5) is 0 Å². The topological polar surface area (TPSA) is 80.9 Å². The van der Waals surface area contributed by atoms with Gasteiger partial charge < -0.3 is 5.11 Å². The summed E-state index contributed by atoms with van der Waals surface area (Å²) in [7, 11) is 0. The van der Waals surface area contributed by atoms with E-state index in [2.05, 4.69) is 15.2 Å². The highest BCUT2D eigenvalue weighted by molar-refractivity contribution is 7.99. The van der Waals surface area contributed by atoms with Crippen LogP contribution in [0.25, 0.3) is 0 Å². The maximum absolute atomic E-state index is 10.7. The quantitative estimate of drug-likeness (QED) is 0.825. The van der Waals surface area contributed by atoms with Crippen LogP contribution in [0.3, 0.4) is 0 Å². The molecule has 0 radical (unpaired) electrons. The van der Waals surface area contributed by atoms with E-state index < -0.39 is 5.97 Å². The molecule has 1 unspecified atom stereocenters. The molecule has 6 nitrogen and oxygen atoms in total. The number of hydrogen-bond acceptors (Lipinski definition) is 6. The minimum Gasteiger partial charge on any atom is -0.481 e. The summed E-state index contributed by atoms with van der Waals surface area (Å²) in [6, 6.07) is 0.00921. The lowest BCUT2D eigenvalue weighted by Crippen LogP contribution is -2.12. The van der Waals surface area contributed by atoms with Crippen molar-refractivity contribution < 1.29 is 9.90 Å². The molecule has 1 atom stereocenters. The van der Waals surface area contributed by atoms with E-state index in [0.29, 0.717) is 5.16 Å². The second kappa shape index (κ2) is 6.36. The zero-order chi connectivity index (χ0) is 14.7. The van der Waals surface area contributed by atoms with E-state index in [0.717, 1.165) is 22.9 Å². The molecule has 20 heavy (non-hydrogen) atoms. The SMILES string of the molecule is CCc1nnc(SCC(=O)O)n1C(C)c1nc(C)cs1. The standard InChI is InChI=1S/C12H16N4O2S2/c1-4-9-14-15-12(20-6-10(17)18)16(9)8(3)11-13-7(2)5-19-11/h5,8H,4,6H2,1-3H3,(H,17,18). The largest absolute Gasteiger partial charge is 0.481 e. The third-order valence-corrected chi connectivity index (χ3v) is 4.82. The van der Waals surface area contributed by atoms with Gasteiger partial charge in [0.05, 0.1) is 11.8 Å². The van der Waals surface area contributed by atoms with Crippen molar-refractivity contribution in [3.05, 3.63) is 21.9 Å². The molecule has 0 aliphatic heterocycles. The van der Waals surface area contributed by atoms with Gasteiger partial charge in [-0.2, -0.15) is 0 Å². The lowest BCUT2D eigenvalue weighted by Gasteiger charge is -2.15. The highest BCUT2D eigenvalue weighted by Gasteiger charge is 2.20. The Bertz CT molecular complexity index is 608. The maximum Gasteiger partial charge on any atom is 0.313 e. The first-order chi connectivity index (χ1) is 9.52. The fourth-order valence-corrected chi connectivity index (χ4v) is 3.43. The predicted octanol–water partition coefficient (Wildman–Crippen LogP) is 2.39. The molecule has 8 heteroatoms. The van der Waals surface area contributed by atoms with Crippen LogP contribution in [0.1, 0.15) is 36.4 Å². The predicted molar refractivity (Wildman–Crippen MR) is 78.4 cm³/mol. The molecule has 0 aromatic carbocycles. The summed E-state index contributed by atoms with van der Waals surface area (Å²) in [6.45, 7) is 6.00. The van der Waals surface area contributed by atoms with Gasteiger partial charge in [0.2, 0.25) is 0 Å². The molecular weight excluding hydrogens is 296 g/mol. The minimum atomic E-state index is -0.861. The molecule has 2 aromatic rings. The third kappa shape index (κ3) is 3.18. The molecule has 0 saturated carbocycles. The van der Waals surface area contributed by atoms with Gasteiger partial charge in [0.25, 0.3) is 0 Å². The van der Waals surface area contributed by atoms with E-state index in [-0.39, 0.29) is 11.8 Å². The first-order valence-corrected chi connectivity index (χ1v) is 8.09.